The van der Waals surface area contributed by atoms with Gasteiger partial charge in [0.2, 0.25) is 11.8 Å². The number of hydrogen-bond acceptors (Lipinski definition) is 9. The predicted molar refractivity (Wildman–Crippen MR) is 69.3 cm³/mol. The maximum absolute atomic E-state index is 10.0. The first-order valence-electron chi connectivity index (χ1n) is 6.23. The molecule has 2 aromatic rings. The first-order chi connectivity index (χ1) is 10.1. The number of nitrogens with zero attached hydrogens (tertiary/aromatic N) is 4. The van der Waals surface area contributed by atoms with Crippen molar-refractivity contribution in [1.29, 1.82) is 0 Å². The Kier molecular flexibility index (Phi) is 3.37. The van der Waals surface area contributed by atoms with Gasteiger partial charge < -0.3 is 30.5 Å². The minimum absolute atomic E-state index is 0.0205. The minimum Gasteiger partial charge on any atom is -0.479 e. The Labute approximate surface area is 118 Å². The Morgan fingerprint density at radius 3 is 2.76 bits per heavy atom. The van der Waals surface area contributed by atoms with E-state index in [-0.39, 0.29) is 11.8 Å². The number of rotatable bonds is 3. The summed E-state index contributed by atoms with van der Waals surface area (Å²) >= 11 is 0. The van der Waals surface area contributed by atoms with Gasteiger partial charge in [-0.15, -0.1) is 0 Å². The van der Waals surface area contributed by atoms with Gasteiger partial charge in [0.1, 0.15) is 18.3 Å². The minimum atomic E-state index is -1.23. The van der Waals surface area contributed by atoms with Gasteiger partial charge in [0.05, 0.1) is 20.0 Å². The number of nitrogens with two attached hydrogens (primary N) is 1. The standard InChI is InChI=1S/C11H15N5O5/c1-20-9-5-8(14-11(12)15-9)16(3-13-5)10-7(19)6(18)4(2-17)21-10/h3-4,6-7,10,17-19H,2H2,1H3,(H2,12,14,15)/t4?,6?,7?,10-/m1/s1. The van der Waals surface area contributed by atoms with Gasteiger partial charge in [-0.1, -0.05) is 0 Å². The van der Waals surface area contributed by atoms with Crippen LogP contribution in [0.2, 0.25) is 0 Å². The van der Waals surface area contributed by atoms with Crippen LogP contribution in [0.25, 0.3) is 11.2 Å². The molecule has 114 valence electrons. The summed E-state index contributed by atoms with van der Waals surface area (Å²) in [7, 11) is 1.42. The first-order valence-corrected chi connectivity index (χ1v) is 6.23. The summed E-state index contributed by atoms with van der Waals surface area (Å²) in [5, 5.41) is 29.0. The largest absolute Gasteiger partial charge is 0.479 e. The van der Waals surface area contributed by atoms with Crippen LogP contribution in [0.15, 0.2) is 6.33 Å². The van der Waals surface area contributed by atoms with Crippen molar-refractivity contribution in [3.63, 3.8) is 0 Å². The monoisotopic (exact) mass is 297 g/mol. The molecule has 3 heterocycles. The molecule has 10 heteroatoms. The van der Waals surface area contributed by atoms with E-state index >= 15 is 0 Å². The summed E-state index contributed by atoms with van der Waals surface area (Å²) in [5.41, 5.74) is 6.26. The highest BCUT2D eigenvalue weighted by molar-refractivity contribution is 5.77. The highest BCUT2D eigenvalue weighted by Crippen LogP contribution is 2.32. The molecule has 0 aromatic carbocycles. The Balaban J connectivity index is 2.07. The molecular formula is C11H15N5O5. The summed E-state index contributed by atoms with van der Waals surface area (Å²) in [6.07, 6.45) is -2.90. The van der Waals surface area contributed by atoms with Crippen molar-refractivity contribution in [2.45, 2.75) is 24.5 Å². The number of aliphatic hydroxyl groups is 3. The molecule has 0 radical (unpaired) electrons. The number of fused-ring (bicyclic) bond motifs is 1. The van der Waals surface area contributed by atoms with Gasteiger partial charge in [0.15, 0.2) is 17.4 Å². The number of ether oxygens (including phenoxy) is 2. The Morgan fingerprint density at radius 2 is 2.14 bits per heavy atom. The molecule has 10 nitrogen and oxygen atoms in total. The SMILES string of the molecule is COc1nc(N)nc2c1ncn2[C@@H]1OC(CO)C(O)C1O. The Bertz CT molecular complexity index is 662. The molecular weight excluding hydrogens is 282 g/mol. The number of aliphatic hydroxyl groups excluding tert-OH is 3. The van der Waals surface area contributed by atoms with E-state index in [0.717, 1.165) is 0 Å². The quantitative estimate of drug-likeness (QED) is 0.506. The van der Waals surface area contributed by atoms with Crippen LogP contribution in [-0.2, 0) is 4.74 Å². The highest BCUT2D eigenvalue weighted by atomic mass is 16.6. The van der Waals surface area contributed by atoms with E-state index in [4.69, 9.17) is 20.3 Å². The number of imidazole rings is 1. The molecule has 1 saturated heterocycles. The number of aromatic nitrogens is 4. The second-order valence-electron chi connectivity index (χ2n) is 4.64. The highest BCUT2D eigenvalue weighted by Gasteiger charge is 2.44. The normalized spacial score (nSPS) is 29.1. The lowest BCUT2D eigenvalue weighted by Crippen LogP contribution is -2.33. The lowest BCUT2D eigenvalue weighted by molar-refractivity contribution is -0.0511. The van der Waals surface area contributed by atoms with Gasteiger partial charge in [-0.3, -0.25) is 4.57 Å². The lowest BCUT2D eigenvalue weighted by atomic mass is 10.1. The van der Waals surface area contributed by atoms with E-state index in [0.29, 0.717) is 11.2 Å². The summed E-state index contributed by atoms with van der Waals surface area (Å²) in [5.74, 6) is 0.177. The van der Waals surface area contributed by atoms with Crippen molar-refractivity contribution in [1.82, 2.24) is 19.5 Å². The van der Waals surface area contributed by atoms with Gasteiger partial charge in [-0.2, -0.15) is 9.97 Å². The maximum Gasteiger partial charge on any atom is 0.246 e. The van der Waals surface area contributed by atoms with Crippen molar-refractivity contribution >= 4 is 17.1 Å². The van der Waals surface area contributed by atoms with E-state index in [2.05, 4.69) is 15.0 Å². The summed E-state index contributed by atoms with van der Waals surface area (Å²) < 4.78 is 11.9. The van der Waals surface area contributed by atoms with Crippen LogP contribution in [0.3, 0.4) is 0 Å². The van der Waals surface area contributed by atoms with Gasteiger partial charge in [0, 0.05) is 0 Å². The third-order valence-corrected chi connectivity index (χ3v) is 3.39. The van der Waals surface area contributed by atoms with E-state index in [1.54, 1.807) is 0 Å². The van der Waals surface area contributed by atoms with Crippen LogP contribution in [0.4, 0.5) is 5.95 Å². The molecule has 0 bridgehead atoms. The number of anilines is 1. The fourth-order valence-corrected chi connectivity index (χ4v) is 2.35. The molecule has 0 spiro atoms. The molecule has 1 fully saturated rings. The predicted octanol–water partition coefficient (Wildman–Crippen LogP) is -1.97. The molecule has 0 saturated carbocycles. The third kappa shape index (κ3) is 2.08. The van der Waals surface area contributed by atoms with Gasteiger partial charge in [-0.25, -0.2) is 4.98 Å². The molecule has 5 N–H and O–H groups in total. The molecule has 0 amide bonds. The van der Waals surface area contributed by atoms with Crippen molar-refractivity contribution in [3.05, 3.63) is 6.33 Å². The lowest BCUT2D eigenvalue weighted by Gasteiger charge is -2.16. The fourth-order valence-electron chi connectivity index (χ4n) is 2.35. The molecule has 3 rings (SSSR count). The topological polar surface area (TPSA) is 149 Å². The Morgan fingerprint density at radius 1 is 1.38 bits per heavy atom. The molecule has 2 aromatic heterocycles. The van der Waals surface area contributed by atoms with Crippen molar-refractivity contribution in [2.24, 2.45) is 0 Å². The zero-order valence-electron chi connectivity index (χ0n) is 11.1. The van der Waals surface area contributed by atoms with Crippen LogP contribution < -0.4 is 10.5 Å². The van der Waals surface area contributed by atoms with E-state index in [9.17, 15) is 10.2 Å². The Hall–Kier alpha value is -2.01. The van der Waals surface area contributed by atoms with Crippen LogP contribution in [0.5, 0.6) is 5.88 Å². The molecule has 0 aliphatic carbocycles. The van der Waals surface area contributed by atoms with Crippen molar-refractivity contribution in [3.8, 4) is 5.88 Å². The molecule has 1 aliphatic heterocycles. The van der Waals surface area contributed by atoms with Gasteiger partial charge >= 0.3 is 0 Å². The summed E-state index contributed by atoms with van der Waals surface area (Å²) in [4.78, 5) is 12.1. The van der Waals surface area contributed by atoms with Crippen LogP contribution in [0.1, 0.15) is 6.23 Å². The van der Waals surface area contributed by atoms with E-state index < -0.39 is 31.1 Å². The maximum atomic E-state index is 10.0. The smallest absolute Gasteiger partial charge is 0.246 e. The van der Waals surface area contributed by atoms with Crippen LogP contribution in [-0.4, -0.2) is 66.9 Å². The number of methoxy groups -OCH3 is 1. The number of hydrogen-bond donors (Lipinski definition) is 4. The number of nitrogen functional groups attached to an aromatic ring is 1. The van der Waals surface area contributed by atoms with Crippen molar-refractivity contribution in [2.75, 3.05) is 19.5 Å². The van der Waals surface area contributed by atoms with Crippen molar-refractivity contribution < 1.29 is 24.8 Å². The fraction of sp³-hybridized carbons (Fsp3) is 0.545. The summed E-state index contributed by atoms with van der Waals surface area (Å²) in [6, 6.07) is 0. The molecule has 4 atom stereocenters. The average Bonchev–Trinajstić information content (AvgIpc) is 3.01. The zero-order chi connectivity index (χ0) is 15.1. The second kappa shape index (κ2) is 5.07. The zero-order valence-corrected chi connectivity index (χ0v) is 11.1. The summed E-state index contributed by atoms with van der Waals surface area (Å²) in [6.45, 7) is -0.415. The average molecular weight is 297 g/mol. The second-order valence-corrected chi connectivity index (χ2v) is 4.64. The van der Waals surface area contributed by atoms with Gasteiger partial charge in [0.25, 0.3) is 0 Å². The van der Waals surface area contributed by atoms with Crippen LogP contribution in [0, 0.1) is 0 Å². The molecule has 3 unspecified atom stereocenters. The van der Waals surface area contributed by atoms with E-state index in [1.165, 1.54) is 18.0 Å². The van der Waals surface area contributed by atoms with Crippen LogP contribution >= 0.6 is 0 Å². The third-order valence-electron chi connectivity index (χ3n) is 3.39. The molecule has 1 aliphatic rings. The van der Waals surface area contributed by atoms with Gasteiger partial charge in [-0.05, 0) is 0 Å². The van der Waals surface area contributed by atoms with E-state index in [1.807, 2.05) is 0 Å². The molecule has 21 heavy (non-hydrogen) atoms. The first kappa shape index (κ1) is 13.9.